The van der Waals surface area contributed by atoms with Crippen molar-refractivity contribution in [2.75, 3.05) is 0 Å². The van der Waals surface area contributed by atoms with Crippen molar-refractivity contribution in [1.29, 1.82) is 0 Å². The van der Waals surface area contributed by atoms with Crippen molar-refractivity contribution < 1.29 is 4.74 Å². The molecule has 0 fully saturated rings. The zero-order valence-corrected chi connectivity index (χ0v) is 14.9. The van der Waals surface area contributed by atoms with Gasteiger partial charge in [-0.2, -0.15) is 0 Å². The number of benzene rings is 2. The number of hydrogen-bond acceptors (Lipinski definition) is 2. The molecule has 0 saturated carbocycles. The van der Waals surface area contributed by atoms with Crippen LogP contribution in [-0.2, 0) is 6.61 Å². The fourth-order valence-electron chi connectivity index (χ4n) is 1.61. The Morgan fingerprint density at radius 1 is 1.15 bits per heavy atom. The lowest BCUT2D eigenvalue weighted by Gasteiger charge is -2.12. The van der Waals surface area contributed by atoms with Crippen molar-refractivity contribution >= 4 is 60.7 Å². The molecule has 0 amide bonds. The number of nitrogens with two attached hydrogens (primary N) is 1. The van der Waals surface area contributed by atoms with Crippen molar-refractivity contribution in [3.8, 4) is 5.75 Å². The molecule has 0 aromatic heterocycles. The van der Waals surface area contributed by atoms with Gasteiger partial charge in [-0.25, -0.2) is 0 Å². The summed E-state index contributed by atoms with van der Waals surface area (Å²) in [6, 6.07) is 11.2. The predicted octanol–water partition coefficient (Wildman–Crippen LogP) is 5.08. The lowest BCUT2D eigenvalue weighted by Crippen LogP contribution is -2.11. The Hall–Kier alpha value is -0.620. The zero-order chi connectivity index (χ0) is 14.7. The Morgan fingerprint density at radius 3 is 2.45 bits per heavy atom. The van der Waals surface area contributed by atoms with Gasteiger partial charge in [-0.05, 0) is 30.3 Å². The van der Waals surface area contributed by atoms with Crippen LogP contribution in [-0.4, -0.2) is 4.99 Å². The summed E-state index contributed by atoms with van der Waals surface area (Å²) in [5.74, 6) is 0.639. The molecule has 2 N–H and O–H groups in total. The van der Waals surface area contributed by atoms with Crippen LogP contribution >= 0.6 is 55.7 Å². The highest BCUT2D eigenvalue weighted by Gasteiger charge is 2.09. The fraction of sp³-hybridized carbons (Fsp3) is 0.0714. The van der Waals surface area contributed by atoms with Crippen molar-refractivity contribution in [3.63, 3.8) is 0 Å². The second-order valence-electron chi connectivity index (χ2n) is 4.03. The van der Waals surface area contributed by atoms with Crippen LogP contribution in [0, 0.1) is 0 Å². The molecule has 2 aromatic rings. The van der Waals surface area contributed by atoms with Gasteiger partial charge < -0.3 is 10.5 Å². The average Bonchev–Trinajstić information content (AvgIpc) is 2.38. The second kappa shape index (κ2) is 6.89. The molecule has 0 heterocycles. The van der Waals surface area contributed by atoms with Crippen LogP contribution in [0.5, 0.6) is 5.75 Å². The maximum Gasteiger partial charge on any atom is 0.130 e. The lowest BCUT2D eigenvalue weighted by atomic mass is 10.2. The van der Waals surface area contributed by atoms with Gasteiger partial charge in [-0.15, -0.1) is 0 Å². The fourth-order valence-corrected chi connectivity index (χ4v) is 2.86. The van der Waals surface area contributed by atoms with Crippen LogP contribution in [0.1, 0.15) is 11.1 Å². The summed E-state index contributed by atoms with van der Waals surface area (Å²) in [6.45, 7) is 0.351. The van der Waals surface area contributed by atoms with Gasteiger partial charge in [0, 0.05) is 19.5 Å². The van der Waals surface area contributed by atoms with Crippen molar-refractivity contribution in [2.45, 2.75) is 6.61 Å². The Balaban J connectivity index is 2.20. The minimum Gasteiger partial charge on any atom is -0.488 e. The number of rotatable bonds is 4. The van der Waals surface area contributed by atoms with E-state index in [1.165, 1.54) is 0 Å². The molecular formula is C14H10Br2ClNOS. The molecule has 0 atom stereocenters. The molecule has 0 spiro atoms. The molecule has 0 aliphatic rings. The third kappa shape index (κ3) is 3.95. The van der Waals surface area contributed by atoms with Gasteiger partial charge in [-0.1, -0.05) is 61.7 Å². The van der Waals surface area contributed by atoms with E-state index in [1.54, 1.807) is 0 Å². The summed E-state index contributed by atoms with van der Waals surface area (Å²) < 4.78 is 7.60. The van der Waals surface area contributed by atoms with Crippen molar-refractivity contribution in [3.05, 3.63) is 61.5 Å². The molecular weight excluding hydrogens is 425 g/mol. The Kier molecular flexibility index (Phi) is 5.43. The third-order valence-corrected chi connectivity index (χ3v) is 4.16. The summed E-state index contributed by atoms with van der Waals surface area (Å²) >= 11 is 17.9. The summed E-state index contributed by atoms with van der Waals surface area (Å²) in [5, 5.41) is 0.647. The first-order valence-electron chi connectivity index (χ1n) is 5.63. The van der Waals surface area contributed by atoms with Crippen LogP contribution in [0.15, 0.2) is 45.3 Å². The maximum absolute atomic E-state index is 6.16. The summed E-state index contributed by atoms with van der Waals surface area (Å²) in [7, 11) is 0. The van der Waals surface area contributed by atoms with Gasteiger partial charge in [0.1, 0.15) is 17.3 Å². The van der Waals surface area contributed by atoms with Gasteiger partial charge in [0.05, 0.1) is 5.56 Å². The van der Waals surface area contributed by atoms with Gasteiger partial charge in [0.2, 0.25) is 0 Å². The molecule has 104 valence electrons. The molecule has 0 saturated heterocycles. The first-order chi connectivity index (χ1) is 9.47. The Labute approximate surface area is 144 Å². The quantitative estimate of drug-likeness (QED) is 0.681. The Morgan fingerprint density at radius 2 is 1.80 bits per heavy atom. The average molecular weight is 436 g/mol. The van der Waals surface area contributed by atoms with E-state index in [0.29, 0.717) is 27.9 Å². The summed E-state index contributed by atoms with van der Waals surface area (Å²) in [5.41, 5.74) is 7.29. The molecule has 2 aromatic carbocycles. The highest BCUT2D eigenvalue weighted by Crippen LogP contribution is 2.26. The highest BCUT2D eigenvalue weighted by atomic mass is 79.9. The first kappa shape index (κ1) is 15.8. The molecule has 0 unspecified atom stereocenters. The van der Waals surface area contributed by atoms with Crippen LogP contribution in [0.25, 0.3) is 0 Å². The van der Waals surface area contributed by atoms with Gasteiger partial charge >= 0.3 is 0 Å². The van der Waals surface area contributed by atoms with Crippen LogP contribution in [0.4, 0.5) is 0 Å². The molecule has 0 bridgehead atoms. The van der Waals surface area contributed by atoms with Gasteiger partial charge in [0.25, 0.3) is 0 Å². The minimum absolute atomic E-state index is 0.295. The molecule has 2 rings (SSSR count). The standard InChI is InChI=1S/C14H10Br2ClNOS/c15-9-3-4-13(11(5-9)14(18)20)19-7-8-1-2-10(16)6-12(8)17/h1-6H,7H2,(H2,18,20). The van der Waals surface area contributed by atoms with E-state index < -0.39 is 0 Å². The molecule has 0 aliphatic heterocycles. The number of thiocarbonyl (C=S) groups is 1. The molecule has 2 nitrogen and oxygen atoms in total. The SMILES string of the molecule is NC(=S)c1cc(Br)ccc1OCc1ccc(Br)cc1Cl. The van der Waals surface area contributed by atoms with Gasteiger partial charge in [-0.3, -0.25) is 0 Å². The molecule has 0 aliphatic carbocycles. The summed E-state index contributed by atoms with van der Waals surface area (Å²) in [6.07, 6.45) is 0. The van der Waals surface area contributed by atoms with Gasteiger partial charge in [0.15, 0.2) is 0 Å². The first-order valence-corrected chi connectivity index (χ1v) is 8.00. The minimum atomic E-state index is 0.295. The van der Waals surface area contributed by atoms with Crippen molar-refractivity contribution in [2.24, 2.45) is 5.73 Å². The van der Waals surface area contributed by atoms with E-state index in [0.717, 1.165) is 14.5 Å². The van der Waals surface area contributed by atoms with E-state index >= 15 is 0 Å². The maximum atomic E-state index is 6.16. The largest absolute Gasteiger partial charge is 0.488 e. The zero-order valence-electron chi connectivity index (χ0n) is 10.2. The normalized spacial score (nSPS) is 10.3. The molecule has 20 heavy (non-hydrogen) atoms. The Bertz CT molecular complexity index is 664. The lowest BCUT2D eigenvalue weighted by molar-refractivity contribution is 0.305. The molecule has 6 heteroatoms. The van der Waals surface area contributed by atoms with E-state index in [4.69, 9.17) is 34.3 Å². The molecule has 0 radical (unpaired) electrons. The number of hydrogen-bond donors (Lipinski definition) is 1. The van der Waals surface area contributed by atoms with E-state index in [2.05, 4.69) is 31.9 Å². The van der Waals surface area contributed by atoms with E-state index in [9.17, 15) is 0 Å². The van der Waals surface area contributed by atoms with Crippen LogP contribution < -0.4 is 10.5 Å². The van der Waals surface area contributed by atoms with E-state index in [-0.39, 0.29) is 0 Å². The van der Waals surface area contributed by atoms with E-state index in [1.807, 2.05) is 36.4 Å². The number of halogens is 3. The monoisotopic (exact) mass is 433 g/mol. The third-order valence-electron chi connectivity index (χ3n) is 2.61. The summed E-state index contributed by atoms with van der Waals surface area (Å²) in [4.78, 5) is 0.295. The van der Waals surface area contributed by atoms with Crippen LogP contribution in [0.2, 0.25) is 5.02 Å². The number of ether oxygens (including phenoxy) is 1. The highest BCUT2D eigenvalue weighted by molar-refractivity contribution is 9.10. The predicted molar refractivity (Wildman–Crippen MR) is 93.5 cm³/mol. The topological polar surface area (TPSA) is 35.2 Å². The second-order valence-corrected chi connectivity index (χ2v) is 6.71. The van der Waals surface area contributed by atoms with Crippen LogP contribution in [0.3, 0.4) is 0 Å². The smallest absolute Gasteiger partial charge is 0.130 e. The van der Waals surface area contributed by atoms with Crippen molar-refractivity contribution in [1.82, 2.24) is 0 Å².